The van der Waals surface area contributed by atoms with Crippen molar-refractivity contribution in [2.45, 2.75) is 19.4 Å². The van der Waals surface area contributed by atoms with E-state index in [1.807, 2.05) is 42.5 Å². The Kier molecular flexibility index (Phi) is 5.09. The molecule has 1 unspecified atom stereocenters. The number of rotatable bonds is 5. The monoisotopic (exact) mass is 406 g/mol. The molecule has 3 aromatic rings. The first-order valence-electron chi connectivity index (χ1n) is 9.05. The lowest BCUT2D eigenvalue weighted by Crippen LogP contribution is -2.24. The highest BCUT2D eigenvalue weighted by atomic mass is 32.1. The SMILES string of the molecule is CC(=O)Nc1sc(NC(=O)CC2NC(=O)c3ccccc32)nc1-c1ccccc1. The van der Waals surface area contributed by atoms with Gasteiger partial charge in [0.2, 0.25) is 11.8 Å². The van der Waals surface area contributed by atoms with Crippen LogP contribution in [0.2, 0.25) is 0 Å². The summed E-state index contributed by atoms with van der Waals surface area (Å²) in [6.45, 7) is 1.42. The second-order valence-electron chi connectivity index (χ2n) is 6.61. The van der Waals surface area contributed by atoms with E-state index in [-0.39, 0.29) is 30.2 Å². The average Bonchev–Trinajstić information content (AvgIpc) is 3.23. The molecule has 0 spiro atoms. The maximum atomic E-state index is 12.6. The minimum Gasteiger partial charge on any atom is -0.345 e. The molecule has 0 saturated carbocycles. The number of hydrogen-bond donors (Lipinski definition) is 3. The quantitative estimate of drug-likeness (QED) is 0.603. The highest BCUT2D eigenvalue weighted by Gasteiger charge is 2.29. The Balaban J connectivity index is 1.52. The predicted octanol–water partition coefficient (Wildman–Crippen LogP) is 3.58. The number of anilines is 2. The van der Waals surface area contributed by atoms with Gasteiger partial charge in [-0.05, 0) is 11.6 Å². The molecule has 3 N–H and O–H groups in total. The molecule has 4 rings (SSSR count). The number of fused-ring (bicyclic) bond motifs is 1. The first-order chi connectivity index (χ1) is 14.0. The fraction of sp³-hybridized carbons (Fsp3) is 0.143. The lowest BCUT2D eigenvalue weighted by molar-refractivity contribution is -0.116. The van der Waals surface area contributed by atoms with Gasteiger partial charge in [0.05, 0.1) is 12.5 Å². The van der Waals surface area contributed by atoms with E-state index >= 15 is 0 Å². The molecule has 1 aromatic heterocycles. The van der Waals surface area contributed by atoms with Crippen LogP contribution >= 0.6 is 11.3 Å². The van der Waals surface area contributed by atoms with Crippen molar-refractivity contribution in [1.29, 1.82) is 0 Å². The van der Waals surface area contributed by atoms with Gasteiger partial charge < -0.3 is 16.0 Å². The Morgan fingerprint density at radius 3 is 2.55 bits per heavy atom. The molecule has 1 aliphatic rings. The first kappa shape index (κ1) is 18.8. The number of benzene rings is 2. The van der Waals surface area contributed by atoms with E-state index in [4.69, 9.17) is 0 Å². The predicted molar refractivity (Wildman–Crippen MR) is 112 cm³/mol. The number of amides is 3. The van der Waals surface area contributed by atoms with Gasteiger partial charge in [0.25, 0.3) is 5.91 Å². The molecule has 146 valence electrons. The summed E-state index contributed by atoms with van der Waals surface area (Å²) in [5, 5.41) is 9.33. The van der Waals surface area contributed by atoms with Crippen molar-refractivity contribution in [2.75, 3.05) is 10.6 Å². The summed E-state index contributed by atoms with van der Waals surface area (Å²) in [5.74, 6) is -0.657. The minimum absolute atomic E-state index is 0.0957. The van der Waals surface area contributed by atoms with Crippen LogP contribution in [-0.2, 0) is 9.59 Å². The van der Waals surface area contributed by atoms with Gasteiger partial charge in [-0.15, -0.1) is 0 Å². The second-order valence-corrected chi connectivity index (χ2v) is 7.61. The zero-order valence-electron chi connectivity index (χ0n) is 15.6. The average molecular weight is 406 g/mol. The van der Waals surface area contributed by atoms with E-state index in [0.29, 0.717) is 21.4 Å². The van der Waals surface area contributed by atoms with Crippen LogP contribution in [0.1, 0.15) is 35.3 Å². The van der Waals surface area contributed by atoms with Gasteiger partial charge >= 0.3 is 0 Å². The molecular formula is C21H18N4O3S. The van der Waals surface area contributed by atoms with Crippen LogP contribution in [0, 0.1) is 0 Å². The molecule has 1 aliphatic heterocycles. The van der Waals surface area contributed by atoms with E-state index in [1.54, 1.807) is 12.1 Å². The fourth-order valence-corrected chi connectivity index (χ4v) is 4.20. The number of thiazole rings is 1. The highest BCUT2D eigenvalue weighted by Crippen LogP contribution is 2.36. The van der Waals surface area contributed by atoms with Crippen LogP contribution in [0.25, 0.3) is 11.3 Å². The summed E-state index contributed by atoms with van der Waals surface area (Å²) in [5.41, 5.74) is 2.85. The third-order valence-electron chi connectivity index (χ3n) is 4.49. The Bertz CT molecular complexity index is 1090. The van der Waals surface area contributed by atoms with Crippen LogP contribution < -0.4 is 16.0 Å². The molecule has 1 atom stereocenters. The largest absolute Gasteiger partial charge is 0.345 e. The summed E-state index contributed by atoms with van der Waals surface area (Å²) < 4.78 is 0. The van der Waals surface area contributed by atoms with Crippen molar-refractivity contribution in [3.05, 3.63) is 65.7 Å². The first-order valence-corrected chi connectivity index (χ1v) is 9.86. The third kappa shape index (κ3) is 4.02. The second kappa shape index (κ2) is 7.84. The normalized spacial score (nSPS) is 14.8. The third-order valence-corrected chi connectivity index (χ3v) is 5.37. The Hall–Kier alpha value is -3.52. The van der Waals surface area contributed by atoms with Crippen molar-refractivity contribution < 1.29 is 14.4 Å². The maximum absolute atomic E-state index is 12.6. The summed E-state index contributed by atoms with van der Waals surface area (Å²) in [7, 11) is 0. The van der Waals surface area contributed by atoms with Crippen LogP contribution in [0.4, 0.5) is 10.1 Å². The van der Waals surface area contributed by atoms with Gasteiger partial charge in [0.15, 0.2) is 5.13 Å². The number of aromatic nitrogens is 1. The molecule has 0 fully saturated rings. The number of carbonyl (C=O) groups is 3. The van der Waals surface area contributed by atoms with E-state index in [1.165, 1.54) is 18.3 Å². The van der Waals surface area contributed by atoms with Crippen molar-refractivity contribution in [3.8, 4) is 11.3 Å². The number of hydrogen-bond acceptors (Lipinski definition) is 5. The molecule has 29 heavy (non-hydrogen) atoms. The summed E-state index contributed by atoms with van der Waals surface area (Å²) >= 11 is 1.19. The number of nitrogens with one attached hydrogen (secondary N) is 3. The fourth-order valence-electron chi connectivity index (χ4n) is 3.25. The van der Waals surface area contributed by atoms with Gasteiger partial charge in [-0.1, -0.05) is 59.9 Å². The summed E-state index contributed by atoms with van der Waals surface area (Å²) in [4.78, 5) is 40.6. The van der Waals surface area contributed by atoms with Gasteiger partial charge in [0.1, 0.15) is 10.7 Å². The Labute approximate surface area is 171 Å². The summed E-state index contributed by atoms with van der Waals surface area (Å²) in [6.07, 6.45) is 0.0957. The smallest absolute Gasteiger partial charge is 0.252 e. The van der Waals surface area contributed by atoms with Crippen LogP contribution in [0.3, 0.4) is 0 Å². The van der Waals surface area contributed by atoms with Gasteiger partial charge in [-0.2, -0.15) is 0 Å². The number of carbonyl (C=O) groups excluding carboxylic acids is 3. The standard InChI is InChI=1S/C21H18N4O3S/c1-12(26)22-20-18(13-7-3-2-4-8-13)25-21(29-20)24-17(27)11-16-14-9-5-6-10-15(14)19(28)23-16/h2-10,16H,11H2,1H3,(H,22,26)(H,23,28)(H,24,25,27). The van der Waals surface area contributed by atoms with E-state index in [9.17, 15) is 14.4 Å². The lowest BCUT2D eigenvalue weighted by Gasteiger charge is -2.10. The molecule has 7 nitrogen and oxygen atoms in total. The minimum atomic E-state index is -0.373. The van der Waals surface area contributed by atoms with E-state index in [2.05, 4.69) is 20.9 Å². The molecule has 0 radical (unpaired) electrons. The molecule has 0 bridgehead atoms. The Morgan fingerprint density at radius 1 is 1.07 bits per heavy atom. The van der Waals surface area contributed by atoms with Gasteiger partial charge in [-0.25, -0.2) is 4.98 Å². The molecule has 3 amide bonds. The van der Waals surface area contributed by atoms with E-state index in [0.717, 1.165) is 11.1 Å². The molecule has 2 heterocycles. The van der Waals surface area contributed by atoms with Crippen molar-refractivity contribution in [2.24, 2.45) is 0 Å². The van der Waals surface area contributed by atoms with Gasteiger partial charge in [0, 0.05) is 18.1 Å². The highest BCUT2D eigenvalue weighted by molar-refractivity contribution is 7.20. The topological polar surface area (TPSA) is 100 Å². The zero-order chi connectivity index (χ0) is 20.4. The van der Waals surface area contributed by atoms with Gasteiger partial charge in [-0.3, -0.25) is 14.4 Å². The van der Waals surface area contributed by atoms with Crippen LogP contribution in [0.15, 0.2) is 54.6 Å². The van der Waals surface area contributed by atoms with Crippen LogP contribution in [0.5, 0.6) is 0 Å². The molecule has 2 aromatic carbocycles. The van der Waals surface area contributed by atoms with Crippen molar-refractivity contribution >= 4 is 39.2 Å². The van der Waals surface area contributed by atoms with Crippen LogP contribution in [-0.4, -0.2) is 22.7 Å². The Morgan fingerprint density at radius 2 is 1.79 bits per heavy atom. The summed E-state index contributed by atoms with van der Waals surface area (Å²) in [6, 6.07) is 16.3. The molecule has 8 heteroatoms. The molecular weight excluding hydrogens is 388 g/mol. The number of nitrogens with zero attached hydrogens (tertiary/aromatic N) is 1. The molecule has 0 saturated heterocycles. The van der Waals surface area contributed by atoms with Crippen molar-refractivity contribution in [3.63, 3.8) is 0 Å². The van der Waals surface area contributed by atoms with E-state index < -0.39 is 0 Å². The maximum Gasteiger partial charge on any atom is 0.252 e. The van der Waals surface area contributed by atoms with Crippen molar-refractivity contribution in [1.82, 2.24) is 10.3 Å². The zero-order valence-corrected chi connectivity index (χ0v) is 16.4. The molecule has 0 aliphatic carbocycles. The lowest BCUT2D eigenvalue weighted by atomic mass is 10.0.